The second kappa shape index (κ2) is 7.73. The second-order valence-electron chi connectivity index (χ2n) is 6.37. The van der Waals surface area contributed by atoms with E-state index in [0.29, 0.717) is 49.6 Å². The zero-order chi connectivity index (χ0) is 19.6. The van der Waals surface area contributed by atoms with Crippen LogP contribution in [0.4, 0.5) is 0 Å². The fourth-order valence-corrected chi connectivity index (χ4v) is 3.39. The number of hydrogen-bond donors (Lipinski definition) is 1. The first-order valence-electron chi connectivity index (χ1n) is 8.87. The average molecular weight is 373 g/mol. The number of carboxylic acids is 1. The Labute approximate surface area is 157 Å². The van der Waals surface area contributed by atoms with Crippen LogP contribution in [0, 0.1) is 0 Å². The van der Waals surface area contributed by atoms with E-state index in [1.54, 1.807) is 26.0 Å². The molecule has 27 heavy (non-hydrogen) atoms. The molecule has 0 aliphatic carbocycles. The Bertz CT molecular complexity index is 835. The van der Waals surface area contributed by atoms with Crippen molar-refractivity contribution in [3.8, 4) is 11.5 Å². The molecular formula is C20H23NO6. The van der Waals surface area contributed by atoms with Crippen molar-refractivity contribution in [2.45, 2.75) is 26.2 Å². The third-order valence-corrected chi connectivity index (χ3v) is 4.87. The minimum absolute atomic E-state index is 0.0495. The summed E-state index contributed by atoms with van der Waals surface area (Å²) in [5.74, 6) is 0.353. The Hall–Kier alpha value is -2.96. The highest BCUT2D eigenvalue weighted by molar-refractivity contribution is 5.96. The lowest BCUT2D eigenvalue weighted by molar-refractivity contribution is 0.0691. The number of aromatic carboxylic acids is 1. The lowest BCUT2D eigenvalue weighted by Crippen LogP contribution is -2.33. The molecule has 0 unspecified atom stereocenters. The number of hydrogen-bond acceptors (Lipinski definition) is 5. The van der Waals surface area contributed by atoms with Crippen molar-refractivity contribution in [1.29, 1.82) is 0 Å². The number of aryl methyl sites for hydroxylation is 1. The summed E-state index contributed by atoms with van der Waals surface area (Å²) in [6.45, 7) is 2.83. The summed E-state index contributed by atoms with van der Waals surface area (Å²) in [5, 5.41) is 9.26. The van der Waals surface area contributed by atoms with Crippen molar-refractivity contribution in [2.75, 3.05) is 27.3 Å². The summed E-state index contributed by atoms with van der Waals surface area (Å²) in [7, 11) is 3.19. The Balaban J connectivity index is 1.82. The molecule has 1 aliphatic rings. The van der Waals surface area contributed by atoms with Gasteiger partial charge in [0.2, 0.25) is 0 Å². The summed E-state index contributed by atoms with van der Waals surface area (Å²) in [6, 6.07) is 5.23. The molecule has 0 saturated heterocycles. The summed E-state index contributed by atoms with van der Waals surface area (Å²) < 4.78 is 16.2. The fourth-order valence-electron chi connectivity index (χ4n) is 3.39. The van der Waals surface area contributed by atoms with E-state index < -0.39 is 5.97 Å². The molecule has 7 heteroatoms. The largest absolute Gasteiger partial charge is 0.493 e. The number of furan rings is 1. The van der Waals surface area contributed by atoms with Gasteiger partial charge in [-0.1, -0.05) is 6.92 Å². The van der Waals surface area contributed by atoms with E-state index in [1.165, 1.54) is 6.07 Å². The Morgan fingerprint density at radius 1 is 1.07 bits per heavy atom. The lowest BCUT2D eigenvalue weighted by atomic mass is 10.0. The Morgan fingerprint density at radius 3 is 2.04 bits per heavy atom. The first-order valence-corrected chi connectivity index (χ1v) is 8.87. The summed E-state index contributed by atoms with van der Waals surface area (Å²) >= 11 is 0. The SMILES string of the molecule is CCc1oc(C(=O)N2CCc3cc(OC)c(OC)cc3CC2)cc1C(=O)O. The number of fused-ring (bicyclic) bond motifs is 1. The molecule has 1 aromatic heterocycles. The molecule has 0 atom stereocenters. The third-order valence-electron chi connectivity index (χ3n) is 4.87. The van der Waals surface area contributed by atoms with Gasteiger partial charge in [0, 0.05) is 25.6 Å². The van der Waals surface area contributed by atoms with Gasteiger partial charge in [-0.05, 0) is 36.1 Å². The van der Waals surface area contributed by atoms with E-state index >= 15 is 0 Å². The molecule has 144 valence electrons. The predicted molar refractivity (Wildman–Crippen MR) is 97.9 cm³/mol. The van der Waals surface area contributed by atoms with Gasteiger partial charge in [0.05, 0.1) is 14.2 Å². The van der Waals surface area contributed by atoms with Crippen molar-refractivity contribution in [1.82, 2.24) is 4.90 Å². The van der Waals surface area contributed by atoms with Crippen LogP contribution < -0.4 is 9.47 Å². The van der Waals surface area contributed by atoms with Crippen LogP contribution in [0.3, 0.4) is 0 Å². The number of carbonyl (C=O) groups is 2. The number of carboxylic acid groups (broad SMARTS) is 1. The molecule has 1 amide bonds. The summed E-state index contributed by atoms with van der Waals surface area (Å²) in [5.41, 5.74) is 2.28. The highest BCUT2D eigenvalue weighted by Gasteiger charge is 2.26. The van der Waals surface area contributed by atoms with Crippen molar-refractivity contribution >= 4 is 11.9 Å². The standard InChI is InChI=1S/C20H23NO6/c1-4-15-14(20(23)24)11-18(27-15)19(22)21-7-5-12-9-16(25-2)17(26-3)10-13(12)6-8-21/h9-11H,4-8H2,1-3H3,(H,23,24). The quantitative estimate of drug-likeness (QED) is 0.867. The number of nitrogens with zero attached hydrogens (tertiary/aromatic N) is 1. The van der Waals surface area contributed by atoms with Crippen LogP contribution in [0.25, 0.3) is 0 Å². The number of benzene rings is 1. The molecule has 0 spiro atoms. The molecule has 1 aromatic carbocycles. The van der Waals surface area contributed by atoms with E-state index in [1.807, 2.05) is 12.1 Å². The molecule has 1 N–H and O–H groups in total. The minimum Gasteiger partial charge on any atom is -0.493 e. The van der Waals surface area contributed by atoms with E-state index in [9.17, 15) is 14.7 Å². The Morgan fingerprint density at radius 2 is 1.63 bits per heavy atom. The first kappa shape index (κ1) is 18.8. The molecule has 2 aromatic rings. The van der Waals surface area contributed by atoms with Gasteiger partial charge in [-0.2, -0.15) is 0 Å². The molecule has 1 aliphatic heterocycles. The molecule has 0 saturated carbocycles. The van der Waals surface area contributed by atoms with Gasteiger partial charge in [-0.3, -0.25) is 4.79 Å². The van der Waals surface area contributed by atoms with E-state index in [4.69, 9.17) is 13.9 Å². The van der Waals surface area contributed by atoms with Crippen LogP contribution in [0.1, 0.15) is 44.7 Å². The van der Waals surface area contributed by atoms with Crippen molar-refractivity contribution in [3.05, 3.63) is 46.4 Å². The zero-order valence-corrected chi connectivity index (χ0v) is 15.7. The number of carbonyl (C=O) groups excluding carboxylic acids is 1. The maximum absolute atomic E-state index is 12.8. The van der Waals surface area contributed by atoms with Gasteiger partial charge in [0.15, 0.2) is 17.3 Å². The van der Waals surface area contributed by atoms with Crippen LogP contribution in [0.15, 0.2) is 22.6 Å². The van der Waals surface area contributed by atoms with Crippen molar-refractivity contribution in [2.24, 2.45) is 0 Å². The normalized spacial score (nSPS) is 13.7. The van der Waals surface area contributed by atoms with Gasteiger partial charge >= 0.3 is 5.97 Å². The zero-order valence-electron chi connectivity index (χ0n) is 15.7. The molecule has 3 rings (SSSR count). The van der Waals surface area contributed by atoms with Crippen LogP contribution in [-0.4, -0.2) is 49.2 Å². The van der Waals surface area contributed by atoms with Crippen LogP contribution in [0.5, 0.6) is 11.5 Å². The highest BCUT2D eigenvalue weighted by Crippen LogP contribution is 2.32. The van der Waals surface area contributed by atoms with E-state index in [2.05, 4.69) is 0 Å². The highest BCUT2D eigenvalue weighted by atomic mass is 16.5. The monoisotopic (exact) mass is 373 g/mol. The maximum Gasteiger partial charge on any atom is 0.339 e. The van der Waals surface area contributed by atoms with Crippen LogP contribution in [0.2, 0.25) is 0 Å². The second-order valence-corrected chi connectivity index (χ2v) is 6.37. The van der Waals surface area contributed by atoms with E-state index in [0.717, 1.165) is 11.1 Å². The first-order chi connectivity index (χ1) is 13.0. The molecule has 2 heterocycles. The summed E-state index contributed by atoms with van der Waals surface area (Å²) in [4.78, 5) is 25.8. The number of methoxy groups -OCH3 is 2. The maximum atomic E-state index is 12.8. The van der Waals surface area contributed by atoms with Gasteiger partial charge < -0.3 is 23.9 Å². The summed E-state index contributed by atoms with van der Waals surface area (Å²) in [6.07, 6.45) is 1.77. The van der Waals surface area contributed by atoms with Gasteiger partial charge in [-0.15, -0.1) is 0 Å². The average Bonchev–Trinajstić information content (AvgIpc) is 3.01. The molecule has 7 nitrogen and oxygen atoms in total. The van der Waals surface area contributed by atoms with Crippen LogP contribution >= 0.6 is 0 Å². The van der Waals surface area contributed by atoms with Crippen molar-refractivity contribution < 1.29 is 28.6 Å². The predicted octanol–water partition coefficient (Wildman–Crippen LogP) is 2.80. The van der Waals surface area contributed by atoms with Crippen LogP contribution in [-0.2, 0) is 19.3 Å². The van der Waals surface area contributed by atoms with Gasteiger partial charge in [0.25, 0.3) is 5.91 Å². The lowest BCUT2D eigenvalue weighted by Gasteiger charge is -2.18. The van der Waals surface area contributed by atoms with Gasteiger partial charge in [0.1, 0.15) is 11.3 Å². The number of ether oxygens (including phenoxy) is 2. The molecule has 0 radical (unpaired) electrons. The third kappa shape index (κ3) is 3.63. The Kier molecular flexibility index (Phi) is 5.39. The molecule has 0 fully saturated rings. The van der Waals surface area contributed by atoms with E-state index in [-0.39, 0.29) is 17.2 Å². The fraction of sp³-hybridized carbons (Fsp3) is 0.400. The smallest absolute Gasteiger partial charge is 0.339 e. The number of amides is 1. The minimum atomic E-state index is -1.09. The molecular weight excluding hydrogens is 350 g/mol. The molecule has 0 bridgehead atoms. The van der Waals surface area contributed by atoms with Crippen molar-refractivity contribution in [3.63, 3.8) is 0 Å². The topological polar surface area (TPSA) is 89.2 Å². The van der Waals surface area contributed by atoms with Gasteiger partial charge in [-0.25, -0.2) is 4.79 Å². The number of rotatable bonds is 5.